The van der Waals surface area contributed by atoms with E-state index in [1.807, 2.05) is 38.1 Å². The maximum atomic E-state index is 10.4. The molecule has 2 aromatic carbocycles. The van der Waals surface area contributed by atoms with Crippen molar-refractivity contribution >= 4 is 39.7 Å². The van der Waals surface area contributed by atoms with E-state index in [-0.39, 0.29) is 18.1 Å². The third-order valence-electron chi connectivity index (χ3n) is 4.58. The zero-order valence-electron chi connectivity index (χ0n) is 13.9. The number of H-pyrrole nitrogens is 1. The van der Waals surface area contributed by atoms with E-state index in [9.17, 15) is 5.11 Å². The molecule has 6 heteroatoms. The summed E-state index contributed by atoms with van der Waals surface area (Å²) in [4.78, 5) is 9.53. The summed E-state index contributed by atoms with van der Waals surface area (Å²) in [6, 6.07) is 11.3. The van der Waals surface area contributed by atoms with Gasteiger partial charge in [-0.1, -0.05) is 11.6 Å². The normalized spacial score (nSPS) is 14.8. The van der Waals surface area contributed by atoms with Gasteiger partial charge in [-0.25, -0.2) is 4.98 Å². The maximum Gasteiger partial charge on any atom is 0.145 e. The van der Waals surface area contributed by atoms with Gasteiger partial charge in [0.2, 0.25) is 0 Å². The largest absolute Gasteiger partial charge is 0.509 e. The Balaban J connectivity index is 1.74. The molecule has 3 N–H and O–H groups in total. The molecule has 0 saturated heterocycles. The fourth-order valence-corrected chi connectivity index (χ4v) is 3.18. The summed E-state index contributed by atoms with van der Waals surface area (Å²) in [5.41, 5.74) is 5.30. The Morgan fingerprint density at radius 2 is 1.84 bits per heavy atom. The molecular formula is C19H17ClN4O. The van der Waals surface area contributed by atoms with Crippen molar-refractivity contribution in [2.75, 3.05) is 11.4 Å². The number of amidine groups is 1. The van der Waals surface area contributed by atoms with E-state index in [0.29, 0.717) is 16.4 Å². The molecule has 3 aromatic rings. The van der Waals surface area contributed by atoms with Gasteiger partial charge in [0, 0.05) is 10.7 Å². The van der Waals surface area contributed by atoms with Crippen molar-refractivity contribution in [2.45, 2.75) is 13.8 Å². The van der Waals surface area contributed by atoms with Gasteiger partial charge in [-0.15, -0.1) is 0 Å². The van der Waals surface area contributed by atoms with E-state index < -0.39 is 0 Å². The number of hydrogen-bond acceptors (Lipinski definition) is 3. The Morgan fingerprint density at radius 1 is 1.16 bits per heavy atom. The van der Waals surface area contributed by atoms with E-state index >= 15 is 0 Å². The number of nitrogens with zero attached hydrogens (tertiary/aromatic N) is 2. The zero-order valence-corrected chi connectivity index (χ0v) is 14.6. The van der Waals surface area contributed by atoms with Crippen LogP contribution >= 0.6 is 11.6 Å². The Kier molecular flexibility index (Phi) is 3.54. The summed E-state index contributed by atoms with van der Waals surface area (Å²) >= 11 is 5.93. The number of hydrogen-bond donors (Lipinski definition) is 3. The van der Waals surface area contributed by atoms with Crippen LogP contribution < -0.4 is 4.90 Å². The molecule has 0 bridgehead atoms. The smallest absolute Gasteiger partial charge is 0.145 e. The van der Waals surface area contributed by atoms with Crippen molar-refractivity contribution in [3.63, 3.8) is 0 Å². The van der Waals surface area contributed by atoms with Crippen LogP contribution in [0.15, 0.2) is 42.2 Å². The molecule has 5 nitrogen and oxygen atoms in total. The summed E-state index contributed by atoms with van der Waals surface area (Å²) in [5.74, 6) is 0.860. The first kappa shape index (κ1) is 15.7. The van der Waals surface area contributed by atoms with Crippen LogP contribution in [0.5, 0.6) is 0 Å². The lowest BCUT2D eigenvalue weighted by Crippen LogP contribution is -2.26. The summed E-state index contributed by atoms with van der Waals surface area (Å²) in [6.45, 7) is 4.33. The maximum absolute atomic E-state index is 10.4. The Labute approximate surface area is 150 Å². The number of imidazole rings is 1. The number of aromatic nitrogens is 2. The van der Waals surface area contributed by atoms with Crippen LogP contribution in [0.3, 0.4) is 0 Å². The minimum Gasteiger partial charge on any atom is -0.509 e. The molecule has 1 aliphatic heterocycles. The standard InChI is InChI=1S/C19H17ClN4O/c1-10-7-14-15(8-11(10)2)23-19(22-14)17-16(25)9-24(18(17)21)13-5-3-12(20)4-6-13/h3-8,21,25H,9H2,1-2H3,(H,22,23). The lowest BCUT2D eigenvalue weighted by Gasteiger charge is -2.18. The van der Waals surface area contributed by atoms with E-state index in [4.69, 9.17) is 17.0 Å². The Hall–Kier alpha value is -2.79. The topological polar surface area (TPSA) is 76.0 Å². The van der Waals surface area contributed by atoms with Crippen molar-refractivity contribution in [3.05, 3.63) is 64.1 Å². The minimum atomic E-state index is 0.132. The molecule has 0 atom stereocenters. The fraction of sp³-hybridized carbons (Fsp3) is 0.158. The van der Waals surface area contributed by atoms with Crippen LogP contribution in [0.25, 0.3) is 16.6 Å². The Morgan fingerprint density at radius 3 is 2.56 bits per heavy atom. The van der Waals surface area contributed by atoms with Crippen molar-refractivity contribution in [1.29, 1.82) is 5.41 Å². The van der Waals surface area contributed by atoms with Crippen LogP contribution in [0.1, 0.15) is 17.0 Å². The molecule has 0 spiro atoms. The fourth-order valence-electron chi connectivity index (χ4n) is 3.06. The van der Waals surface area contributed by atoms with Crippen LogP contribution in [0.2, 0.25) is 5.02 Å². The number of fused-ring (bicyclic) bond motifs is 1. The predicted octanol–water partition coefficient (Wildman–Crippen LogP) is 4.60. The third kappa shape index (κ3) is 2.57. The van der Waals surface area contributed by atoms with Gasteiger partial charge in [0.15, 0.2) is 0 Å². The number of aromatic amines is 1. The van der Waals surface area contributed by atoms with Crippen molar-refractivity contribution < 1.29 is 5.11 Å². The van der Waals surface area contributed by atoms with E-state index in [2.05, 4.69) is 9.97 Å². The summed E-state index contributed by atoms with van der Waals surface area (Å²) in [5, 5.41) is 19.6. The highest BCUT2D eigenvalue weighted by Gasteiger charge is 2.31. The molecule has 1 aliphatic rings. The molecule has 2 heterocycles. The first-order valence-corrected chi connectivity index (χ1v) is 8.33. The number of aliphatic hydroxyl groups excluding tert-OH is 1. The van der Waals surface area contributed by atoms with Gasteiger partial charge in [0.25, 0.3) is 0 Å². The highest BCUT2D eigenvalue weighted by Crippen LogP contribution is 2.31. The van der Waals surface area contributed by atoms with Gasteiger partial charge in [0.1, 0.15) is 17.4 Å². The highest BCUT2D eigenvalue weighted by atomic mass is 35.5. The van der Waals surface area contributed by atoms with Gasteiger partial charge in [-0.3, -0.25) is 5.41 Å². The number of rotatable bonds is 2. The number of halogens is 1. The predicted molar refractivity (Wildman–Crippen MR) is 102 cm³/mol. The van der Waals surface area contributed by atoms with Crippen LogP contribution in [0.4, 0.5) is 5.69 Å². The molecule has 4 rings (SSSR count). The molecular weight excluding hydrogens is 336 g/mol. The van der Waals surface area contributed by atoms with Crippen molar-refractivity contribution in [2.24, 2.45) is 0 Å². The second-order valence-electron chi connectivity index (χ2n) is 6.27. The number of aliphatic hydroxyl groups is 1. The van der Waals surface area contributed by atoms with Crippen molar-refractivity contribution in [1.82, 2.24) is 9.97 Å². The first-order valence-electron chi connectivity index (χ1n) is 7.95. The van der Waals surface area contributed by atoms with E-state index in [0.717, 1.165) is 22.3 Å². The van der Waals surface area contributed by atoms with Gasteiger partial charge in [0.05, 0.1) is 23.2 Å². The van der Waals surface area contributed by atoms with Crippen molar-refractivity contribution in [3.8, 4) is 0 Å². The molecule has 0 aliphatic carbocycles. The molecule has 0 saturated carbocycles. The van der Waals surface area contributed by atoms with E-state index in [1.165, 1.54) is 5.56 Å². The average Bonchev–Trinajstić information content (AvgIpc) is 3.09. The molecule has 1 aromatic heterocycles. The first-order chi connectivity index (χ1) is 11.9. The van der Waals surface area contributed by atoms with Gasteiger partial charge >= 0.3 is 0 Å². The number of nitrogens with one attached hydrogen (secondary N) is 2. The quantitative estimate of drug-likeness (QED) is 0.630. The third-order valence-corrected chi connectivity index (χ3v) is 4.83. The summed E-state index contributed by atoms with van der Waals surface area (Å²) < 4.78 is 0. The second-order valence-corrected chi connectivity index (χ2v) is 6.71. The number of aryl methyl sites for hydroxylation is 2. The molecule has 0 fully saturated rings. The number of anilines is 1. The monoisotopic (exact) mass is 352 g/mol. The summed E-state index contributed by atoms with van der Waals surface area (Å²) in [6.07, 6.45) is 0. The Bertz CT molecular complexity index is 995. The van der Waals surface area contributed by atoms with Gasteiger partial charge in [-0.05, 0) is 61.4 Å². The van der Waals surface area contributed by atoms with Gasteiger partial charge in [-0.2, -0.15) is 0 Å². The highest BCUT2D eigenvalue weighted by molar-refractivity contribution is 6.31. The van der Waals surface area contributed by atoms with Crippen LogP contribution in [-0.2, 0) is 0 Å². The minimum absolute atomic E-state index is 0.132. The SMILES string of the molecule is Cc1cc2nc(C3=C(O)CN(c4ccc(Cl)cc4)C3=N)[nH]c2cc1C. The van der Waals surface area contributed by atoms with E-state index in [1.54, 1.807) is 17.0 Å². The molecule has 0 radical (unpaired) electrons. The average molecular weight is 353 g/mol. The molecule has 126 valence electrons. The van der Waals surface area contributed by atoms with Gasteiger partial charge < -0.3 is 15.0 Å². The summed E-state index contributed by atoms with van der Waals surface area (Å²) in [7, 11) is 0. The lowest BCUT2D eigenvalue weighted by molar-refractivity contribution is 0.411. The number of benzene rings is 2. The molecule has 0 amide bonds. The molecule has 25 heavy (non-hydrogen) atoms. The van der Waals surface area contributed by atoms with Crippen LogP contribution in [0, 0.1) is 19.3 Å². The lowest BCUT2D eigenvalue weighted by atomic mass is 10.1. The zero-order chi connectivity index (χ0) is 17.7. The molecule has 0 unspecified atom stereocenters. The van der Waals surface area contributed by atoms with Crippen LogP contribution in [-0.4, -0.2) is 27.5 Å². The second kappa shape index (κ2) is 5.63.